The molecule has 1 aromatic carbocycles. The summed E-state index contributed by atoms with van der Waals surface area (Å²) in [7, 11) is 0. The summed E-state index contributed by atoms with van der Waals surface area (Å²) in [6.07, 6.45) is 3.54. The lowest BCUT2D eigenvalue weighted by molar-refractivity contribution is -0.126. The van der Waals surface area contributed by atoms with Crippen molar-refractivity contribution in [1.82, 2.24) is 10.3 Å². The molecule has 1 unspecified atom stereocenters. The van der Waals surface area contributed by atoms with Gasteiger partial charge in [-0.3, -0.25) is 19.4 Å². The van der Waals surface area contributed by atoms with Crippen LogP contribution in [0.1, 0.15) is 18.9 Å². The molecule has 7 heteroatoms. The summed E-state index contributed by atoms with van der Waals surface area (Å²) in [5.41, 5.74) is 2.34. The quantitative estimate of drug-likeness (QED) is 0.857. The molecule has 1 atom stereocenters. The number of carbonyl (C=O) groups excluding carboxylic acids is 3. The number of pyridine rings is 1. The van der Waals surface area contributed by atoms with Crippen molar-refractivity contribution in [2.75, 3.05) is 16.8 Å². The Hall–Kier alpha value is -3.22. The van der Waals surface area contributed by atoms with E-state index >= 15 is 0 Å². The van der Waals surface area contributed by atoms with Gasteiger partial charge >= 0.3 is 0 Å². The molecule has 0 aliphatic carbocycles. The Bertz CT molecular complexity index is 805. The zero-order valence-corrected chi connectivity index (χ0v) is 14.4. The molecule has 0 saturated carbocycles. The Morgan fingerprint density at radius 1 is 1.15 bits per heavy atom. The van der Waals surface area contributed by atoms with Crippen LogP contribution in [0.4, 0.5) is 11.4 Å². The second kappa shape index (κ2) is 7.77. The van der Waals surface area contributed by atoms with Crippen molar-refractivity contribution < 1.29 is 14.4 Å². The summed E-state index contributed by atoms with van der Waals surface area (Å²) < 4.78 is 0. The summed E-state index contributed by atoms with van der Waals surface area (Å²) >= 11 is 0. The average Bonchev–Trinajstić information content (AvgIpc) is 3.02. The zero-order chi connectivity index (χ0) is 18.5. The van der Waals surface area contributed by atoms with Gasteiger partial charge in [0.2, 0.25) is 17.7 Å². The van der Waals surface area contributed by atoms with Crippen molar-refractivity contribution in [2.24, 2.45) is 5.92 Å². The van der Waals surface area contributed by atoms with Gasteiger partial charge in [0, 0.05) is 50.2 Å². The number of amides is 3. The Morgan fingerprint density at radius 3 is 2.50 bits per heavy atom. The maximum Gasteiger partial charge on any atom is 0.227 e. The van der Waals surface area contributed by atoms with Crippen LogP contribution in [0.3, 0.4) is 0 Å². The van der Waals surface area contributed by atoms with E-state index in [-0.39, 0.29) is 30.1 Å². The van der Waals surface area contributed by atoms with Gasteiger partial charge in [0.15, 0.2) is 0 Å². The Morgan fingerprint density at radius 2 is 1.85 bits per heavy atom. The van der Waals surface area contributed by atoms with Crippen LogP contribution in [0.5, 0.6) is 0 Å². The largest absolute Gasteiger partial charge is 0.352 e. The highest BCUT2D eigenvalue weighted by Gasteiger charge is 2.34. The van der Waals surface area contributed by atoms with Gasteiger partial charge in [-0.2, -0.15) is 0 Å². The number of benzene rings is 1. The normalized spacial score (nSPS) is 16.4. The molecule has 1 fully saturated rings. The molecule has 3 rings (SSSR count). The minimum absolute atomic E-state index is 0.0821. The summed E-state index contributed by atoms with van der Waals surface area (Å²) in [5, 5.41) is 5.55. The van der Waals surface area contributed by atoms with E-state index < -0.39 is 0 Å². The van der Waals surface area contributed by atoms with E-state index in [1.54, 1.807) is 41.6 Å². The molecule has 2 aromatic rings. The van der Waals surface area contributed by atoms with E-state index in [2.05, 4.69) is 15.6 Å². The van der Waals surface area contributed by atoms with E-state index in [9.17, 15) is 14.4 Å². The van der Waals surface area contributed by atoms with Gasteiger partial charge < -0.3 is 15.5 Å². The number of carbonyl (C=O) groups is 3. The third kappa shape index (κ3) is 4.24. The lowest BCUT2D eigenvalue weighted by Gasteiger charge is -2.17. The molecule has 1 aliphatic rings. The van der Waals surface area contributed by atoms with Crippen molar-refractivity contribution in [3.63, 3.8) is 0 Å². The fraction of sp³-hybridized carbons (Fsp3) is 0.263. The number of aromatic nitrogens is 1. The summed E-state index contributed by atoms with van der Waals surface area (Å²) in [6.45, 7) is 2.20. The minimum Gasteiger partial charge on any atom is -0.352 e. The fourth-order valence-electron chi connectivity index (χ4n) is 2.89. The highest BCUT2D eigenvalue weighted by Crippen LogP contribution is 2.26. The number of hydrogen-bond acceptors (Lipinski definition) is 4. The first-order valence-corrected chi connectivity index (χ1v) is 8.37. The van der Waals surface area contributed by atoms with Crippen molar-refractivity contribution in [2.45, 2.75) is 19.9 Å². The van der Waals surface area contributed by atoms with E-state index in [4.69, 9.17) is 0 Å². The molecule has 1 saturated heterocycles. The number of nitrogens with one attached hydrogen (secondary N) is 2. The number of hydrogen-bond donors (Lipinski definition) is 2. The molecule has 26 heavy (non-hydrogen) atoms. The standard InChI is InChI=1S/C19H20N4O3/c1-13(24)22-16-2-4-17(5-3-16)23-12-15(10-18(23)25)19(26)21-11-14-6-8-20-9-7-14/h2-9,15H,10-12H2,1H3,(H,21,26)(H,22,24). The van der Waals surface area contributed by atoms with Crippen molar-refractivity contribution >= 4 is 29.1 Å². The molecule has 134 valence electrons. The van der Waals surface area contributed by atoms with Gasteiger partial charge in [0.1, 0.15) is 0 Å². The molecular weight excluding hydrogens is 332 g/mol. The summed E-state index contributed by atoms with van der Waals surface area (Å²) in [4.78, 5) is 41.3. The minimum atomic E-state index is -0.376. The molecule has 0 spiro atoms. The number of rotatable bonds is 5. The highest BCUT2D eigenvalue weighted by molar-refractivity contribution is 6.00. The lowest BCUT2D eigenvalue weighted by Crippen LogP contribution is -2.32. The lowest BCUT2D eigenvalue weighted by atomic mass is 10.1. The van der Waals surface area contributed by atoms with Crippen LogP contribution in [0.25, 0.3) is 0 Å². The van der Waals surface area contributed by atoms with Crippen LogP contribution < -0.4 is 15.5 Å². The first-order valence-electron chi connectivity index (χ1n) is 8.37. The molecule has 7 nitrogen and oxygen atoms in total. The molecule has 1 aromatic heterocycles. The van der Waals surface area contributed by atoms with Crippen molar-refractivity contribution in [3.8, 4) is 0 Å². The second-order valence-corrected chi connectivity index (χ2v) is 6.21. The topological polar surface area (TPSA) is 91.4 Å². The molecule has 0 radical (unpaired) electrons. The maximum atomic E-state index is 12.4. The van der Waals surface area contributed by atoms with Crippen LogP contribution in [-0.4, -0.2) is 29.3 Å². The van der Waals surface area contributed by atoms with E-state index in [1.807, 2.05) is 12.1 Å². The Kier molecular flexibility index (Phi) is 5.26. The second-order valence-electron chi connectivity index (χ2n) is 6.21. The first kappa shape index (κ1) is 17.6. The van der Waals surface area contributed by atoms with Crippen LogP contribution in [0, 0.1) is 5.92 Å². The number of nitrogens with zero attached hydrogens (tertiary/aromatic N) is 2. The van der Waals surface area contributed by atoms with E-state index in [1.165, 1.54) is 6.92 Å². The monoisotopic (exact) mass is 352 g/mol. The molecule has 2 N–H and O–H groups in total. The fourth-order valence-corrected chi connectivity index (χ4v) is 2.89. The SMILES string of the molecule is CC(=O)Nc1ccc(N2CC(C(=O)NCc3ccncc3)CC2=O)cc1. The van der Waals surface area contributed by atoms with Crippen molar-refractivity contribution in [3.05, 3.63) is 54.4 Å². The predicted molar refractivity (Wildman–Crippen MR) is 97.3 cm³/mol. The van der Waals surface area contributed by atoms with Crippen LogP contribution in [0.2, 0.25) is 0 Å². The van der Waals surface area contributed by atoms with Crippen LogP contribution in [0.15, 0.2) is 48.8 Å². The zero-order valence-electron chi connectivity index (χ0n) is 14.4. The third-order valence-corrected chi connectivity index (χ3v) is 4.21. The van der Waals surface area contributed by atoms with Crippen LogP contribution >= 0.6 is 0 Å². The van der Waals surface area contributed by atoms with Gasteiger partial charge in [-0.05, 0) is 42.0 Å². The maximum absolute atomic E-state index is 12.4. The molecular formula is C19H20N4O3. The Labute approximate surface area is 151 Å². The highest BCUT2D eigenvalue weighted by atomic mass is 16.2. The van der Waals surface area contributed by atoms with Crippen LogP contribution in [-0.2, 0) is 20.9 Å². The number of anilines is 2. The van der Waals surface area contributed by atoms with E-state index in [0.29, 0.717) is 24.5 Å². The third-order valence-electron chi connectivity index (χ3n) is 4.21. The summed E-state index contributed by atoms with van der Waals surface area (Å²) in [6, 6.07) is 10.7. The van der Waals surface area contributed by atoms with Gasteiger partial charge in [-0.15, -0.1) is 0 Å². The summed E-state index contributed by atoms with van der Waals surface area (Å²) in [5.74, 6) is -0.742. The van der Waals surface area contributed by atoms with E-state index in [0.717, 1.165) is 5.56 Å². The molecule has 2 heterocycles. The van der Waals surface area contributed by atoms with Gasteiger partial charge in [0.25, 0.3) is 0 Å². The average molecular weight is 352 g/mol. The van der Waals surface area contributed by atoms with Gasteiger partial charge in [-0.25, -0.2) is 0 Å². The van der Waals surface area contributed by atoms with Gasteiger partial charge in [-0.1, -0.05) is 0 Å². The van der Waals surface area contributed by atoms with Gasteiger partial charge in [0.05, 0.1) is 5.92 Å². The predicted octanol–water partition coefficient (Wildman–Crippen LogP) is 1.71. The molecule has 3 amide bonds. The van der Waals surface area contributed by atoms with Crippen molar-refractivity contribution in [1.29, 1.82) is 0 Å². The molecule has 0 bridgehead atoms. The Balaban J connectivity index is 1.59. The smallest absolute Gasteiger partial charge is 0.227 e. The molecule has 1 aliphatic heterocycles. The first-order chi connectivity index (χ1) is 12.5.